The Hall–Kier alpha value is -1.60. The van der Waals surface area contributed by atoms with Crippen LogP contribution in [0.15, 0.2) is 24.3 Å². The summed E-state index contributed by atoms with van der Waals surface area (Å²) in [7, 11) is 0. The van der Waals surface area contributed by atoms with Crippen LogP contribution in [0.5, 0.6) is 0 Å². The lowest BCUT2D eigenvalue weighted by molar-refractivity contribution is -0.167. The maximum atomic E-state index is 12.2. The van der Waals surface area contributed by atoms with Crippen molar-refractivity contribution in [3.05, 3.63) is 29.8 Å². The summed E-state index contributed by atoms with van der Waals surface area (Å²) < 4.78 is 36.5. The van der Waals surface area contributed by atoms with Gasteiger partial charge in [-0.3, -0.25) is 9.69 Å². The second-order valence-corrected chi connectivity index (χ2v) is 5.49. The number of carbonyl (C=O) groups is 1. The molecule has 0 spiro atoms. The number of benzene rings is 1. The van der Waals surface area contributed by atoms with E-state index in [0.717, 1.165) is 38.2 Å². The van der Waals surface area contributed by atoms with Gasteiger partial charge in [-0.15, -0.1) is 0 Å². The zero-order valence-corrected chi connectivity index (χ0v) is 12.4. The quantitative estimate of drug-likeness (QED) is 0.893. The molecule has 1 amide bonds. The summed E-state index contributed by atoms with van der Waals surface area (Å²) in [5, 5.41) is 5.14. The fourth-order valence-corrected chi connectivity index (χ4v) is 2.52. The van der Waals surface area contributed by atoms with E-state index < -0.39 is 12.1 Å². The highest BCUT2D eigenvalue weighted by Gasteiger charge is 2.38. The molecule has 4 nitrogen and oxygen atoms in total. The topological polar surface area (TPSA) is 44.4 Å². The fourth-order valence-electron chi connectivity index (χ4n) is 2.52. The second-order valence-electron chi connectivity index (χ2n) is 5.49. The summed E-state index contributed by atoms with van der Waals surface area (Å²) >= 11 is 0. The van der Waals surface area contributed by atoms with E-state index in [1.165, 1.54) is 12.1 Å². The highest BCUT2D eigenvalue weighted by molar-refractivity contribution is 5.94. The predicted molar refractivity (Wildman–Crippen MR) is 78.7 cm³/mol. The Bertz CT molecular complexity index is 496. The molecule has 0 aromatic heterocycles. The number of nitrogens with zero attached hydrogens (tertiary/aromatic N) is 1. The summed E-state index contributed by atoms with van der Waals surface area (Å²) in [4.78, 5) is 13.2. The number of nitrogens with one attached hydrogen (secondary N) is 2. The molecule has 0 bridgehead atoms. The Balaban J connectivity index is 1.90. The Kier molecular flexibility index (Phi) is 5.42. The molecule has 0 radical (unpaired) electrons. The Labute approximate surface area is 127 Å². The van der Waals surface area contributed by atoms with E-state index in [1.54, 1.807) is 12.1 Å². The van der Waals surface area contributed by atoms with Crippen LogP contribution in [0, 0.1) is 0 Å². The van der Waals surface area contributed by atoms with Gasteiger partial charge in [0, 0.05) is 37.9 Å². The average Bonchev–Trinajstić information content (AvgIpc) is 2.49. The van der Waals surface area contributed by atoms with Gasteiger partial charge in [-0.25, -0.2) is 0 Å². The van der Waals surface area contributed by atoms with Gasteiger partial charge in [0.05, 0.1) is 0 Å². The van der Waals surface area contributed by atoms with Crippen LogP contribution < -0.4 is 10.6 Å². The third-order valence-corrected chi connectivity index (χ3v) is 3.78. The molecule has 2 N–H and O–H groups in total. The van der Waals surface area contributed by atoms with E-state index in [4.69, 9.17) is 0 Å². The zero-order chi connectivity index (χ0) is 16.2. The van der Waals surface area contributed by atoms with Crippen LogP contribution in [0.2, 0.25) is 0 Å². The molecule has 1 saturated heterocycles. The van der Waals surface area contributed by atoms with Crippen molar-refractivity contribution in [3.63, 3.8) is 0 Å². The maximum absolute atomic E-state index is 12.2. The van der Waals surface area contributed by atoms with Gasteiger partial charge in [0.25, 0.3) is 0 Å². The molecule has 1 fully saturated rings. The first kappa shape index (κ1) is 16.8. The Morgan fingerprint density at radius 2 is 1.86 bits per heavy atom. The van der Waals surface area contributed by atoms with Gasteiger partial charge in [-0.1, -0.05) is 12.1 Å². The Morgan fingerprint density at radius 3 is 2.41 bits per heavy atom. The molecular weight excluding hydrogens is 295 g/mol. The highest BCUT2D eigenvalue weighted by atomic mass is 19.4. The first-order valence-corrected chi connectivity index (χ1v) is 7.28. The molecule has 0 saturated carbocycles. The molecule has 1 atom stereocenters. The zero-order valence-electron chi connectivity index (χ0n) is 12.4. The molecule has 1 aromatic rings. The summed E-state index contributed by atoms with van der Waals surface area (Å²) in [5.41, 5.74) is 1.19. The van der Waals surface area contributed by atoms with Crippen molar-refractivity contribution in [1.82, 2.24) is 10.2 Å². The van der Waals surface area contributed by atoms with Crippen LogP contribution in [0.4, 0.5) is 18.9 Å². The minimum absolute atomic E-state index is 0.154. The van der Waals surface area contributed by atoms with Crippen molar-refractivity contribution < 1.29 is 18.0 Å². The summed E-state index contributed by atoms with van der Waals surface area (Å²) in [6.07, 6.45) is -4.04. The summed E-state index contributed by atoms with van der Waals surface area (Å²) in [6.45, 7) is 6.10. The number of piperazine rings is 1. The van der Waals surface area contributed by atoms with Gasteiger partial charge in [0.1, 0.15) is 0 Å². The van der Waals surface area contributed by atoms with Gasteiger partial charge in [0.15, 0.2) is 0 Å². The minimum atomic E-state index is -4.87. The smallest absolute Gasteiger partial charge is 0.318 e. The lowest BCUT2D eigenvalue weighted by Gasteiger charge is -2.32. The number of halogens is 3. The molecule has 1 aliphatic rings. The lowest BCUT2D eigenvalue weighted by Crippen LogP contribution is -2.48. The minimum Gasteiger partial charge on any atom is -0.318 e. The standard InChI is InChI=1S/C15H20F3N3O/c1-11(21-8-6-19-7-9-21)10-12-2-4-13(5-3-12)20-14(22)15(16,17)18/h2-5,11,19H,6-10H2,1H3,(H,20,22). The maximum Gasteiger partial charge on any atom is 0.471 e. The molecule has 1 aromatic carbocycles. The number of hydrogen-bond donors (Lipinski definition) is 2. The normalized spacial score (nSPS) is 18.0. The van der Waals surface area contributed by atoms with Crippen LogP contribution in [-0.2, 0) is 11.2 Å². The first-order chi connectivity index (χ1) is 10.4. The van der Waals surface area contributed by atoms with Crippen molar-refractivity contribution in [2.24, 2.45) is 0 Å². The largest absolute Gasteiger partial charge is 0.471 e. The van der Waals surface area contributed by atoms with Crippen molar-refractivity contribution in [3.8, 4) is 0 Å². The molecule has 122 valence electrons. The van der Waals surface area contributed by atoms with Crippen molar-refractivity contribution in [2.75, 3.05) is 31.5 Å². The number of alkyl halides is 3. The summed E-state index contributed by atoms with van der Waals surface area (Å²) in [6, 6.07) is 6.89. The number of anilines is 1. The second kappa shape index (κ2) is 7.11. The molecular formula is C15H20F3N3O. The van der Waals surface area contributed by atoms with Crippen LogP contribution in [-0.4, -0.2) is 49.2 Å². The lowest BCUT2D eigenvalue weighted by atomic mass is 10.0. The third-order valence-electron chi connectivity index (χ3n) is 3.78. The highest BCUT2D eigenvalue weighted by Crippen LogP contribution is 2.19. The van der Waals surface area contributed by atoms with Crippen LogP contribution >= 0.6 is 0 Å². The van der Waals surface area contributed by atoms with E-state index in [9.17, 15) is 18.0 Å². The molecule has 7 heteroatoms. The van der Waals surface area contributed by atoms with E-state index in [0.29, 0.717) is 6.04 Å². The molecule has 22 heavy (non-hydrogen) atoms. The fraction of sp³-hybridized carbons (Fsp3) is 0.533. The monoisotopic (exact) mass is 315 g/mol. The summed E-state index contributed by atoms with van der Waals surface area (Å²) in [5.74, 6) is -1.95. The van der Waals surface area contributed by atoms with Gasteiger partial charge in [0.2, 0.25) is 0 Å². The van der Waals surface area contributed by atoms with E-state index in [-0.39, 0.29) is 5.69 Å². The number of rotatable bonds is 4. The van der Waals surface area contributed by atoms with Gasteiger partial charge in [-0.2, -0.15) is 13.2 Å². The van der Waals surface area contributed by atoms with Crippen LogP contribution in [0.25, 0.3) is 0 Å². The SMILES string of the molecule is CC(Cc1ccc(NC(=O)C(F)(F)F)cc1)N1CCNCC1. The van der Waals surface area contributed by atoms with Crippen LogP contribution in [0.1, 0.15) is 12.5 Å². The van der Waals surface area contributed by atoms with Crippen molar-refractivity contribution in [1.29, 1.82) is 0 Å². The molecule has 0 aliphatic carbocycles. The third kappa shape index (κ3) is 4.71. The van der Waals surface area contributed by atoms with Gasteiger partial charge in [-0.05, 0) is 31.0 Å². The predicted octanol–water partition coefficient (Wildman–Crippen LogP) is 2.02. The van der Waals surface area contributed by atoms with Gasteiger partial charge < -0.3 is 10.6 Å². The van der Waals surface area contributed by atoms with E-state index in [1.807, 2.05) is 5.32 Å². The molecule has 2 rings (SSSR count). The number of hydrogen-bond acceptors (Lipinski definition) is 3. The first-order valence-electron chi connectivity index (χ1n) is 7.28. The van der Waals surface area contributed by atoms with E-state index in [2.05, 4.69) is 17.1 Å². The van der Waals surface area contributed by atoms with E-state index >= 15 is 0 Å². The van der Waals surface area contributed by atoms with Crippen molar-refractivity contribution in [2.45, 2.75) is 25.6 Å². The Morgan fingerprint density at radius 1 is 1.27 bits per heavy atom. The average molecular weight is 315 g/mol. The number of amides is 1. The molecule has 1 heterocycles. The van der Waals surface area contributed by atoms with Gasteiger partial charge >= 0.3 is 12.1 Å². The molecule has 1 unspecified atom stereocenters. The number of carbonyl (C=O) groups excluding carboxylic acids is 1. The van der Waals surface area contributed by atoms with Crippen molar-refractivity contribution >= 4 is 11.6 Å². The van der Waals surface area contributed by atoms with Crippen LogP contribution in [0.3, 0.4) is 0 Å². The molecule has 1 aliphatic heterocycles.